The molecule has 0 unspecified atom stereocenters. The van der Waals surface area contributed by atoms with E-state index in [0.29, 0.717) is 28.8 Å². The highest BCUT2D eigenvalue weighted by atomic mass is 32.2. The molecule has 3 aromatic rings. The van der Waals surface area contributed by atoms with Gasteiger partial charge in [-0.05, 0) is 23.8 Å². The fraction of sp³-hybridized carbons (Fsp3) is 0.174. The number of aromatic amines is 1. The van der Waals surface area contributed by atoms with Gasteiger partial charge in [0.1, 0.15) is 24.0 Å². The molecular weight excluding hydrogens is 417 g/mol. The largest absolute Gasteiger partial charge is 0.489 e. The van der Waals surface area contributed by atoms with Gasteiger partial charge in [-0.25, -0.2) is 9.37 Å². The quantitative estimate of drug-likeness (QED) is 0.328. The Hall–Kier alpha value is -3.39. The molecule has 0 spiro atoms. The number of rotatable bonds is 7. The molecule has 158 valence electrons. The van der Waals surface area contributed by atoms with Gasteiger partial charge in [0.15, 0.2) is 5.16 Å². The molecule has 2 heterocycles. The molecule has 1 atom stereocenters. The number of carbonyl (C=O) groups excluding carboxylic acids is 1. The maximum atomic E-state index is 13.1. The summed E-state index contributed by atoms with van der Waals surface area (Å²) in [5.41, 5.74) is 1.73. The maximum absolute atomic E-state index is 13.1. The number of carbonyl (C=O) groups is 1. The lowest BCUT2D eigenvalue weighted by Gasteiger charge is -2.26. The third kappa shape index (κ3) is 4.69. The van der Waals surface area contributed by atoms with E-state index in [-0.39, 0.29) is 29.5 Å². The van der Waals surface area contributed by atoms with Gasteiger partial charge in [0.25, 0.3) is 5.56 Å². The zero-order valence-corrected chi connectivity index (χ0v) is 17.4. The van der Waals surface area contributed by atoms with Crippen LogP contribution in [0.4, 0.5) is 10.2 Å². The molecule has 8 heteroatoms. The van der Waals surface area contributed by atoms with Gasteiger partial charge in [0.05, 0.1) is 5.56 Å². The highest BCUT2D eigenvalue weighted by Gasteiger charge is 2.32. The summed E-state index contributed by atoms with van der Waals surface area (Å²) in [5.74, 6) is 0.353. The van der Waals surface area contributed by atoms with Crippen molar-refractivity contribution in [3.8, 4) is 5.75 Å². The van der Waals surface area contributed by atoms with Gasteiger partial charge in [0.2, 0.25) is 5.91 Å². The lowest BCUT2D eigenvalue weighted by Crippen LogP contribution is -2.31. The van der Waals surface area contributed by atoms with Gasteiger partial charge in [0, 0.05) is 23.7 Å². The second-order valence-corrected chi connectivity index (χ2v) is 7.95. The average Bonchev–Trinajstić information content (AvgIpc) is 2.76. The number of nitrogens with one attached hydrogen (secondary N) is 2. The lowest BCUT2D eigenvalue weighted by molar-refractivity contribution is -0.116. The molecule has 1 aromatic heterocycles. The van der Waals surface area contributed by atoms with Gasteiger partial charge in [-0.2, -0.15) is 0 Å². The van der Waals surface area contributed by atoms with E-state index in [1.165, 1.54) is 23.9 Å². The number of anilines is 1. The van der Waals surface area contributed by atoms with Crippen molar-refractivity contribution in [1.29, 1.82) is 0 Å². The molecule has 0 bridgehead atoms. The number of thioether (sulfide) groups is 1. The summed E-state index contributed by atoms with van der Waals surface area (Å²) in [4.78, 5) is 32.7. The molecule has 6 nitrogen and oxygen atoms in total. The summed E-state index contributed by atoms with van der Waals surface area (Å²) in [7, 11) is 0. The molecule has 4 rings (SSSR count). The molecule has 1 amide bonds. The van der Waals surface area contributed by atoms with Crippen molar-refractivity contribution in [2.45, 2.75) is 23.2 Å². The number of hydrogen-bond donors (Lipinski definition) is 2. The number of fused-ring (bicyclic) bond motifs is 1. The Bertz CT molecular complexity index is 1180. The first-order valence-electron chi connectivity index (χ1n) is 9.69. The first-order chi connectivity index (χ1) is 15.0. The Labute approximate surface area is 182 Å². The Morgan fingerprint density at radius 3 is 2.74 bits per heavy atom. The molecule has 0 saturated heterocycles. The monoisotopic (exact) mass is 437 g/mol. The fourth-order valence-electron chi connectivity index (χ4n) is 3.47. The predicted octanol–water partition coefficient (Wildman–Crippen LogP) is 4.24. The zero-order valence-electron chi connectivity index (χ0n) is 16.6. The number of benzene rings is 2. The molecule has 0 radical (unpaired) electrons. The van der Waals surface area contributed by atoms with Crippen molar-refractivity contribution in [2.75, 3.05) is 11.9 Å². The number of nitrogens with zero attached hydrogens (tertiary/aromatic N) is 1. The summed E-state index contributed by atoms with van der Waals surface area (Å²) in [6, 6.07) is 13.5. The van der Waals surface area contributed by atoms with Crippen LogP contribution in [0.5, 0.6) is 5.75 Å². The Morgan fingerprint density at radius 1 is 1.19 bits per heavy atom. The van der Waals surface area contributed by atoms with Gasteiger partial charge in [-0.1, -0.05) is 54.7 Å². The standard InChI is InChI=1S/C23H20FN3O3S/c1-2-11-30-18-6-4-3-5-16(18)17-12-19(28)25-21-20(17)22(29)27-23(26-21)31-13-14-7-9-15(24)10-8-14/h2-10,17H,1,11-13H2,(H2,25,26,27,28,29)/t17-/m0/s1. The topological polar surface area (TPSA) is 84.1 Å². The SMILES string of the molecule is C=CCOc1ccccc1[C@@H]1CC(=O)Nc2nc(SCc3ccc(F)cc3)[nH]c(=O)c21. The number of para-hydroxylation sites is 1. The number of aromatic nitrogens is 2. The highest BCUT2D eigenvalue weighted by Crippen LogP contribution is 2.38. The molecule has 0 fully saturated rings. The molecule has 2 aromatic carbocycles. The van der Waals surface area contributed by atoms with Crippen LogP contribution in [0.3, 0.4) is 0 Å². The first-order valence-corrected chi connectivity index (χ1v) is 10.7. The van der Waals surface area contributed by atoms with E-state index in [0.717, 1.165) is 11.1 Å². The maximum Gasteiger partial charge on any atom is 0.257 e. The Morgan fingerprint density at radius 2 is 1.97 bits per heavy atom. The van der Waals surface area contributed by atoms with Crippen LogP contribution in [0.15, 0.2) is 71.1 Å². The fourth-order valence-corrected chi connectivity index (χ4v) is 4.28. The molecule has 1 aliphatic rings. The van der Waals surface area contributed by atoms with E-state index in [2.05, 4.69) is 21.9 Å². The average molecular weight is 437 g/mol. The third-order valence-electron chi connectivity index (χ3n) is 4.87. The van der Waals surface area contributed by atoms with E-state index < -0.39 is 5.92 Å². The van der Waals surface area contributed by atoms with Crippen molar-refractivity contribution in [3.05, 3.63) is 94.0 Å². The smallest absolute Gasteiger partial charge is 0.257 e. The summed E-state index contributed by atoms with van der Waals surface area (Å²) in [5, 5.41) is 3.10. The lowest BCUT2D eigenvalue weighted by atomic mass is 9.86. The number of halogens is 1. The Balaban J connectivity index is 1.65. The number of amides is 1. The Kier molecular flexibility index (Phi) is 6.18. The third-order valence-corrected chi connectivity index (χ3v) is 5.81. The van der Waals surface area contributed by atoms with Crippen LogP contribution in [0.1, 0.15) is 29.0 Å². The first kappa shape index (κ1) is 20.9. The molecule has 0 saturated carbocycles. The van der Waals surface area contributed by atoms with Gasteiger partial charge in [-0.15, -0.1) is 0 Å². The number of ether oxygens (including phenoxy) is 1. The summed E-state index contributed by atoms with van der Waals surface area (Å²) in [6.45, 7) is 3.97. The van der Waals surface area contributed by atoms with E-state index in [1.54, 1.807) is 24.3 Å². The summed E-state index contributed by atoms with van der Waals surface area (Å²) >= 11 is 1.30. The van der Waals surface area contributed by atoms with Crippen molar-refractivity contribution in [3.63, 3.8) is 0 Å². The second kappa shape index (κ2) is 9.18. The minimum Gasteiger partial charge on any atom is -0.489 e. The minimum absolute atomic E-state index is 0.119. The molecule has 31 heavy (non-hydrogen) atoms. The van der Waals surface area contributed by atoms with Crippen molar-refractivity contribution < 1.29 is 13.9 Å². The second-order valence-electron chi connectivity index (χ2n) is 6.99. The zero-order chi connectivity index (χ0) is 21.8. The number of H-pyrrole nitrogens is 1. The molecule has 1 aliphatic heterocycles. The molecule has 2 N–H and O–H groups in total. The molecule has 0 aliphatic carbocycles. The highest BCUT2D eigenvalue weighted by molar-refractivity contribution is 7.98. The summed E-state index contributed by atoms with van der Waals surface area (Å²) < 4.78 is 18.8. The van der Waals surface area contributed by atoms with Crippen LogP contribution < -0.4 is 15.6 Å². The van der Waals surface area contributed by atoms with E-state index in [1.807, 2.05) is 18.2 Å². The van der Waals surface area contributed by atoms with Crippen LogP contribution in [-0.4, -0.2) is 22.5 Å². The van der Waals surface area contributed by atoms with Crippen molar-refractivity contribution in [2.24, 2.45) is 0 Å². The molecular formula is C23H20FN3O3S. The van der Waals surface area contributed by atoms with E-state index in [9.17, 15) is 14.0 Å². The minimum atomic E-state index is -0.475. The van der Waals surface area contributed by atoms with Crippen molar-refractivity contribution in [1.82, 2.24) is 9.97 Å². The van der Waals surface area contributed by atoms with E-state index in [4.69, 9.17) is 4.74 Å². The van der Waals surface area contributed by atoms with Crippen LogP contribution in [0.2, 0.25) is 0 Å². The van der Waals surface area contributed by atoms with Gasteiger partial charge < -0.3 is 15.0 Å². The van der Waals surface area contributed by atoms with Crippen molar-refractivity contribution >= 4 is 23.5 Å². The van der Waals surface area contributed by atoms with Crippen LogP contribution >= 0.6 is 11.8 Å². The van der Waals surface area contributed by atoms with Crippen LogP contribution in [0.25, 0.3) is 0 Å². The van der Waals surface area contributed by atoms with Crippen LogP contribution in [-0.2, 0) is 10.5 Å². The van der Waals surface area contributed by atoms with E-state index >= 15 is 0 Å². The normalized spacial score (nSPS) is 15.1. The number of hydrogen-bond acceptors (Lipinski definition) is 5. The summed E-state index contributed by atoms with van der Waals surface area (Å²) in [6.07, 6.45) is 1.76. The van der Waals surface area contributed by atoms with Gasteiger partial charge in [-0.3, -0.25) is 9.59 Å². The van der Waals surface area contributed by atoms with Gasteiger partial charge >= 0.3 is 0 Å². The predicted molar refractivity (Wildman–Crippen MR) is 118 cm³/mol. The van der Waals surface area contributed by atoms with Crippen LogP contribution in [0, 0.1) is 5.82 Å².